The van der Waals surface area contributed by atoms with E-state index in [9.17, 15) is 24.0 Å². The monoisotopic (exact) mass is 679 g/mol. The summed E-state index contributed by atoms with van der Waals surface area (Å²) in [6, 6.07) is -2.71. The Labute approximate surface area is 287 Å². The van der Waals surface area contributed by atoms with E-state index in [1.807, 2.05) is 40.9 Å². The number of hydrogen-bond acceptors (Lipinski definition) is 8. The summed E-state index contributed by atoms with van der Waals surface area (Å²) < 4.78 is 4.89. The van der Waals surface area contributed by atoms with E-state index in [1.165, 1.54) is 7.11 Å². The molecular formula is C35H61N5O6S. The fraction of sp³-hybridized carbons (Fsp3) is 0.800. The zero-order valence-corrected chi connectivity index (χ0v) is 31.5. The highest BCUT2D eigenvalue weighted by Crippen LogP contribution is 2.27. The number of esters is 1. The first-order chi connectivity index (χ1) is 22.0. The number of likely N-dealkylation sites (tertiary alicyclic amines) is 2. The quantitative estimate of drug-likeness (QED) is 0.211. The largest absolute Gasteiger partial charge is 0.467 e. The number of rotatable bonds is 14. The number of hydrogen-bond donors (Lipinski definition) is 2. The molecule has 0 aromatic carbocycles. The lowest BCUT2D eigenvalue weighted by molar-refractivity contribution is -0.146. The van der Waals surface area contributed by atoms with Crippen LogP contribution < -0.4 is 10.6 Å². The van der Waals surface area contributed by atoms with Crippen LogP contribution >= 0.6 is 11.8 Å². The molecule has 0 unspecified atom stereocenters. The maximum atomic E-state index is 14.2. The molecule has 2 N–H and O–H groups in total. The summed E-state index contributed by atoms with van der Waals surface area (Å²) in [5.41, 5.74) is -0.122. The number of likely N-dealkylation sites (N-methyl/N-ethyl adjacent to an activating group) is 1. The minimum absolute atomic E-state index is 0.0345. The first kappa shape index (κ1) is 40.6. The van der Waals surface area contributed by atoms with Crippen LogP contribution in [-0.4, -0.2) is 120 Å². The van der Waals surface area contributed by atoms with Crippen LogP contribution in [0.15, 0.2) is 11.6 Å². The first-order valence-electron chi connectivity index (χ1n) is 17.1. The Morgan fingerprint density at radius 2 is 1.57 bits per heavy atom. The maximum Gasteiger partial charge on any atom is 0.328 e. The molecule has 11 nitrogen and oxygen atoms in total. The van der Waals surface area contributed by atoms with Gasteiger partial charge in [0.2, 0.25) is 23.6 Å². The third kappa shape index (κ3) is 11.0. The fourth-order valence-electron chi connectivity index (χ4n) is 6.57. The number of nitrogens with one attached hydrogen (secondary N) is 2. The lowest BCUT2D eigenvalue weighted by Crippen LogP contribution is -2.60. The number of carbonyl (C=O) groups is 5. The second kappa shape index (κ2) is 18.2. The number of amides is 4. The van der Waals surface area contributed by atoms with Gasteiger partial charge in [-0.15, -0.1) is 0 Å². The molecule has 2 fully saturated rings. The van der Waals surface area contributed by atoms with Gasteiger partial charge in [-0.1, -0.05) is 47.1 Å². The Morgan fingerprint density at radius 1 is 0.957 bits per heavy atom. The van der Waals surface area contributed by atoms with Crippen LogP contribution in [0.5, 0.6) is 0 Å². The van der Waals surface area contributed by atoms with Crippen molar-refractivity contribution < 1.29 is 28.7 Å². The summed E-state index contributed by atoms with van der Waals surface area (Å²) in [5.74, 6) is -0.852. The third-order valence-corrected chi connectivity index (χ3v) is 10.0. The number of carbonyl (C=O) groups excluding carboxylic acids is 5. The summed E-state index contributed by atoms with van der Waals surface area (Å²) in [7, 11) is 3.02. The molecule has 2 rings (SSSR count). The first-order valence-corrected chi connectivity index (χ1v) is 18.5. The summed E-state index contributed by atoms with van der Waals surface area (Å²) >= 11 is 1.57. The van der Waals surface area contributed by atoms with E-state index in [0.717, 1.165) is 25.8 Å². The summed E-state index contributed by atoms with van der Waals surface area (Å²) in [6.07, 6.45) is 8.12. The van der Waals surface area contributed by atoms with Gasteiger partial charge in [0.15, 0.2) is 0 Å². The van der Waals surface area contributed by atoms with Gasteiger partial charge >= 0.3 is 5.97 Å². The zero-order valence-electron chi connectivity index (χ0n) is 30.7. The van der Waals surface area contributed by atoms with Crippen molar-refractivity contribution in [3.8, 4) is 0 Å². The fourth-order valence-corrected chi connectivity index (χ4v) is 7.05. The van der Waals surface area contributed by atoms with Crippen LogP contribution in [0.1, 0.15) is 93.9 Å². The van der Waals surface area contributed by atoms with E-state index < -0.39 is 35.6 Å². The van der Waals surface area contributed by atoms with Crippen LogP contribution in [0.25, 0.3) is 0 Å². The molecule has 0 bridgehead atoms. The molecule has 268 valence electrons. The molecule has 2 saturated heterocycles. The van der Waals surface area contributed by atoms with E-state index >= 15 is 0 Å². The predicted octanol–water partition coefficient (Wildman–Crippen LogP) is 3.61. The highest BCUT2D eigenvalue weighted by molar-refractivity contribution is 7.98. The summed E-state index contributed by atoms with van der Waals surface area (Å²) in [4.78, 5) is 72.6. The Balaban J connectivity index is 2.26. The predicted molar refractivity (Wildman–Crippen MR) is 188 cm³/mol. The van der Waals surface area contributed by atoms with Gasteiger partial charge in [0.25, 0.3) is 0 Å². The summed E-state index contributed by atoms with van der Waals surface area (Å²) in [5, 5.41) is 5.92. The number of piperidine rings is 1. The number of ether oxygens (including phenoxy) is 1. The summed E-state index contributed by atoms with van der Waals surface area (Å²) in [6.45, 7) is 17.0. The molecule has 0 saturated carbocycles. The molecule has 0 aromatic rings. The van der Waals surface area contributed by atoms with Gasteiger partial charge in [0.05, 0.1) is 19.2 Å². The second-order valence-electron chi connectivity index (χ2n) is 14.7. The van der Waals surface area contributed by atoms with Crippen molar-refractivity contribution in [2.75, 3.05) is 39.3 Å². The van der Waals surface area contributed by atoms with Gasteiger partial charge in [0, 0.05) is 25.2 Å². The van der Waals surface area contributed by atoms with E-state index in [4.69, 9.17) is 4.74 Å². The van der Waals surface area contributed by atoms with Crippen molar-refractivity contribution >= 4 is 41.4 Å². The lowest BCUT2D eigenvalue weighted by atomic mass is 9.84. The van der Waals surface area contributed by atoms with Crippen molar-refractivity contribution in [1.82, 2.24) is 25.3 Å². The van der Waals surface area contributed by atoms with Gasteiger partial charge in [-0.2, -0.15) is 11.8 Å². The lowest BCUT2D eigenvalue weighted by Gasteiger charge is -2.41. The van der Waals surface area contributed by atoms with Crippen LogP contribution in [0.3, 0.4) is 0 Å². The number of nitrogens with zero attached hydrogens (tertiary/aromatic N) is 3. The average Bonchev–Trinajstić information content (AvgIpc) is 3.52. The van der Waals surface area contributed by atoms with Crippen LogP contribution in [0.2, 0.25) is 0 Å². The molecule has 12 heteroatoms. The standard InChI is InChI=1S/C35H61N5O6S/c1-22(2)28(38(9)33(44)29(35(6,7)8)37-31(42)26-15-12-13-18-39(26)23(3)4)21-24(5)32(43)40-19-14-16-27(40)30(41)36-25(17-20-47-11)34(45)46-10/h21-23,25-29H,12-20H2,1-11H3,(H,36,41)(H,37,42)/b24-21+/t25-,26+,27-,28+,29+/m0/s1. The molecule has 47 heavy (non-hydrogen) atoms. The molecule has 5 atom stereocenters. The Hall–Kier alpha value is -2.60. The van der Waals surface area contributed by atoms with Crippen molar-refractivity contribution in [3.05, 3.63) is 11.6 Å². The Morgan fingerprint density at radius 3 is 2.13 bits per heavy atom. The van der Waals surface area contributed by atoms with E-state index in [-0.39, 0.29) is 41.6 Å². The zero-order chi connectivity index (χ0) is 35.6. The highest BCUT2D eigenvalue weighted by Gasteiger charge is 2.41. The van der Waals surface area contributed by atoms with E-state index in [1.54, 1.807) is 41.6 Å². The minimum Gasteiger partial charge on any atom is -0.467 e. The van der Waals surface area contributed by atoms with Gasteiger partial charge in [-0.05, 0) is 82.8 Å². The second-order valence-corrected chi connectivity index (χ2v) is 15.7. The van der Waals surface area contributed by atoms with Gasteiger partial charge in [0.1, 0.15) is 18.1 Å². The Bertz CT molecular complexity index is 1140. The SMILES string of the molecule is COC(=O)[C@H](CCSC)NC(=O)[C@@H]1CCCN1C(=O)/C(C)=C/[C@H](C(C)C)N(C)C(=O)[C@@H](NC(=O)[C@H]1CCCCN1C(C)C)C(C)(C)C. The molecule has 2 aliphatic rings. The molecule has 0 spiro atoms. The molecule has 4 amide bonds. The van der Waals surface area contributed by atoms with Crippen molar-refractivity contribution in [1.29, 1.82) is 0 Å². The molecular weight excluding hydrogens is 618 g/mol. The van der Waals surface area contributed by atoms with Crippen LogP contribution in [0, 0.1) is 11.3 Å². The van der Waals surface area contributed by atoms with Crippen molar-refractivity contribution in [3.63, 3.8) is 0 Å². The smallest absolute Gasteiger partial charge is 0.328 e. The molecule has 0 aromatic heterocycles. The molecule has 2 aliphatic heterocycles. The van der Waals surface area contributed by atoms with Crippen molar-refractivity contribution in [2.24, 2.45) is 11.3 Å². The van der Waals surface area contributed by atoms with Crippen LogP contribution in [-0.2, 0) is 28.7 Å². The average molecular weight is 680 g/mol. The highest BCUT2D eigenvalue weighted by atomic mass is 32.2. The molecule has 2 heterocycles. The third-order valence-electron chi connectivity index (χ3n) is 9.37. The van der Waals surface area contributed by atoms with E-state index in [0.29, 0.717) is 37.1 Å². The number of thioether (sulfide) groups is 1. The molecule has 0 aliphatic carbocycles. The van der Waals surface area contributed by atoms with Gasteiger partial charge < -0.3 is 25.2 Å². The number of methoxy groups -OCH3 is 1. The normalized spacial score (nSPS) is 21.3. The maximum absolute atomic E-state index is 14.2. The van der Waals surface area contributed by atoms with Crippen LogP contribution in [0.4, 0.5) is 0 Å². The van der Waals surface area contributed by atoms with Gasteiger partial charge in [-0.3, -0.25) is 24.1 Å². The van der Waals surface area contributed by atoms with Gasteiger partial charge in [-0.25, -0.2) is 4.79 Å². The Kier molecular flexibility index (Phi) is 15.7. The minimum atomic E-state index is -0.776. The van der Waals surface area contributed by atoms with E-state index in [2.05, 4.69) is 29.4 Å². The van der Waals surface area contributed by atoms with Crippen molar-refractivity contribution in [2.45, 2.75) is 130 Å². The molecule has 0 radical (unpaired) electrons. The topological polar surface area (TPSA) is 128 Å².